The van der Waals surface area contributed by atoms with E-state index >= 15 is 0 Å². The number of nitrogens with one attached hydrogen (secondary N) is 3. The normalized spacial score (nSPS) is 15.3. The Balaban J connectivity index is 0.00000341. The Morgan fingerprint density at radius 2 is 2.00 bits per heavy atom. The highest BCUT2D eigenvalue weighted by atomic mass is 35.5. The molecule has 13 heteroatoms. The van der Waals surface area contributed by atoms with Crippen molar-refractivity contribution in [2.24, 2.45) is 5.73 Å². The van der Waals surface area contributed by atoms with Crippen LogP contribution in [0.25, 0.3) is 10.8 Å². The first-order valence-electron chi connectivity index (χ1n) is 9.31. The predicted molar refractivity (Wildman–Crippen MR) is 121 cm³/mol. The van der Waals surface area contributed by atoms with Crippen LogP contribution in [0.3, 0.4) is 0 Å². The van der Waals surface area contributed by atoms with Gasteiger partial charge in [-0.05, 0) is 25.0 Å². The van der Waals surface area contributed by atoms with Crippen LogP contribution in [0.5, 0.6) is 0 Å². The largest absolute Gasteiger partial charge is 0.395 e. The fraction of sp³-hybridized carbons (Fsp3) is 0.389. The summed E-state index contributed by atoms with van der Waals surface area (Å²) in [6, 6.07) is 4.37. The number of anilines is 1. The van der Waals surface area contributed by atoms with Crippen molar-refractivity contribution in [3.63, 3.8) is 0 Å². The summed E-state index contributed by atoms with van der Waals surface area (Å²) >= 11 is 6.01. The Bertz CT molecular complexity index is 1080. The van der Waals surface area contributed by atoms with E-state index in [9.17, 15) is 13.2 Å². The molecule has 0 unspecified atom stereocenters. The smallest absolute Gasteiger partial charge is 0.241 e. The number of halogens is 2. The molecule has 1 fully saturated rings. The summed E-state index contributed by atoms with van der Waals surface area (Å²) in [4.78, 5) is 16.6. The van der Waals surface area contributed by atoms with Crippen LogP contribution in [0.4, 0.5) is 5.69 Å². The van der Waals surface area contributed by atoms with Gasteiger partial charge in [-0.15, -0.1) is 12.4 Å². The predicted octanol–water partition coefficient (Wildman–Crippen LogP) is 1.21. The van der Waals surface area contributed by atoms with Crippen molar-refractivity contribution < 1.29 is 18.3 Å². The van der Waals surface area contributed by atoms with E-state index in [0.717, 1.165) is 17.3 Å². The maximum Gasteiger partial charge on any atom is 0.241 e. The number of rotatable bonds is 7. The number of carbonyl (C=O) groups excluding carboxylic acids is 1. The molecule has 1 aromatic carbocycles. The Hall–Kier alpha value is -2.18. The molecule has 0 spiro atoms. The van der Waals surface area contributed by atoms with Crippen LogP contribution < -0.4 is 20.2 Å². The number of nitrogens with two attached hydrogens (primary N) is 1. The van der Waals surface area contributed by atoms with Gasteiger partial charge in [0.05, 0.1) is 23.4 Å². The molecule has 2 aromatic rings. The molecule has 1 amide bonds. The van der Waals surface area contributed by atoms with Gasteiger partial charge in [0.1, 0.15) is 5.54 Å². The summed E-state index contributed by atoms with van der Waals surface area (Å²) in [5.74, 6) is -0.844. The van der Waals surface area contributed by atoms with Crippen molar-refractivity contribution in [2.45, 2.75) is 36.1 Å². The molecular formula is C18H24Cl2N6O4S. The zero-order valence-electron chi connectivity index (χ0n) is 16.5. The van der Waals surface area contributed by atoms with Crippen LogP contribution in [-0.4, -0.2) is 49.1 Å². The molecule has 0 bridgehead atoms. The minimum atomic E-state index is -4.03. The number of aliphatic hydroxyl groups excluding tert-OH is 1. The summed E-state index contributed by atoms with van der Waals surface area (Å²) in [5, 5.41) is 20.0. The van der Waals surface area contributed by atoms with E-state index in [2.05, 4.69) is 15.0 Å². The van der Waals surface area contributed by atoms with E-state index in [1.165, 1.54) is 24.5 Å². The van der Waals surface area contributed by atoms with E-state index < -0.39 is 27.4 Å². The van der Waals surface area contributed by atoms with Gasteiger partial charge in [-0.1, -0.05) is 18.9 Å². The van der Waals surface area contributed by atoms with E-state index in [1.807, 2.05) is 0 Å². The molecule has 31 heavy (non-hydrogen) atoms. The first kappa shape index (κ1) is 25.1. The van der Waals surface area contributed by atoms with Gasteiger partial charge in [0.15, 0.2) is 0 Å². The number of nitrogens with zero attached hydrogens (tertiary/aromatic N) is 2. The molecule has 1 saturated carbocycles. The Kier molecular flexibility index (Phi) is 8.06. The molecule has 3 rings (SSSR count). The number of aliphatic hydroxyl groups is 1. The number of fused-ring (bicyclic) bond motifs is 1. The van der Waals surface area contributed by atoms with Crippen molar-refractivity contribution in [2.75, 3.05) is 17.6 Å². The lowest BCUT2D eigenvalue weighted by atomic mass is 9.98. The zero-order valence-corrected chi connectivity index (χ0v) is 18.9. The van der Waals surface area contributed by atoms with Crippen LogP contribution in [0.15, 0.2) is 35.5 Å². The summed E-state index contributed by atoms with van der Waals surface area (Å²) in [6.45, 7) is -0.176. The highest BCUT2D eigenvalue weighted by Crippen LogP contribution is 2.33. The monoisotopic (exact) mass is 490 g/mol. The average molecular weight is 491 g/mol. The van der Waals surface area contributed by atoms with E-state index in [1.54, 1.807) is 6.07 Å². The molecule has 0 aliphatic heterocycles. The topological polar surface area (TPSA) is 161 Å². The number of benzene rings is 1. The van der Waals surface area contributed by atoms with Gasteiger partial charge in [0.2, 0.25) is 21.9 Å². The van der Waals surface area contributed by atoms with Gasteiger partial charge in [-0.3, -0.25) is 15.2 Å². The summed E-state index contributed by atoms with van der Waals surface area (Å²) < 4.78 is 29.7. The van der Waals surface area contributed by atoms with Gasteiger partial charge >= 0.3 is 0 Å². The Morgan fingerprint density at radius 1 is 1.32 bits per heavy atom. The summed E-state index contributed by atoms with van der Waals surface area (Å²) in [6.07, 6.45) is 5.09. The molecule has 1 heterocycles. The van der Waals surface area contributed by atoms with Crippen molar-refractivity contribution >= 4 is 62.5 Å². The van der Waals surface area contributed by atoms with Gasteiger partial charge in [-0.25, -0.2) is 12.8 Å². The molecule has 0 saturated heterocycles. The van der Waals surface area contributed by atoms with Gasteiger partial charge in [0.25, 0.3) is 0 Å². The van der Waals surface area contributed by atoms with Gasteiger partial charge in [-0.2, -0.15) is 4.72 Å². The highest BCUT2D eigenvalue weighted by molar-refractivity contribution is 7.89. The third kappa shape index (κ3) is 5.18. The molecular weight excluding hydrogens is 467 g/mol. The lowest BCUT2D eigenvalue weighted by Gasteiger charge is -2.28. The van der Waals surface area contributed by atoms with Crippen LogP contribution in [0, 0.1) is 5.41 Å². The van der Waals surface area contributed by atoms with Crippen LogP contribution in [-0.2, 0) is 14.8 Å². The molecule has 1 aromatic heterocycles. The lowest BCUT2D eigenvalue weighted by molar-refractivity contribution is -0.126. The number of pyridine rings is 1. The fourth-order valence-corrected chi connectivity index (χ4v) is 5.19. The lowest BCUT2D eigenvalue weighted by Crippen LogP contribution is -2.57. The van der Waals surface area contributed by atoms with Crippen LogP contribution >= 0.6 is 24.2 Å². The Morgan fingerprint density at radius 3 is 2.61 bits per heavy atom. The number of hydrogen-bond acceptors (Lipinski definition) is 6. The van der Waals surface area contributed by atoms with Crippen molar-refractivity contribution in [3.8, 4) is 0 Å². The SMILES string of the molecule is Cl.N=C(N)N(Cl)c1cncc2cc(S(=O)(=O)NC3(C(=O)NCCO)CCCC3)ccc12. The molecule has 1 aliphatic rings. The third-order valence-corrected chi connectivity index (χ3v) is 6.96. The third-order valence-electron chi connectivity index (χ3n) is 5.06. The molecule has 0 radical (unpaired) electrons. The second kappa shape index (κ2) is 9.96. The van der Waals surface area contributed by atoms with E-state index in [4.69, 9.17) is 28.0 Å². The summed E-state index contributed by atoms with van der Waals surface area (Å²) in [7, 11) is -4.03. The molecule has 170 valence electrons. The second-order valence-corrected chi connectivity index (χ2v) is 9.10. The quantitative estimate of drug-likeness (QED) is 0.221. The van der Waals surface area contributed by atoms with Crippen molar-refractivity contribution in [1.82, 2.24) is 15.0 Å². The zero-order chi connectivity index (χ0) is 21.9. The van der Waals surface area contributed by atoms with Crippen molar-refractivity contribution in [1.29, 1.82) is 5.41 Å². The number of aromatic nitrogens is 1. The maximum atomic E-state index is 13.1. The number of amides is 1. The number of sulfonamides is 1. The van der Waals surface area contributed by atoms with E-state index in [-0.39, 0.29) is 30.5 Å². The molecule has 6 N–H and O–H groups in total. The number of carbonyl (C=O) groups is 1. The van der Waals surface area contributed by atoms with E-state index in [0.29, 0.717) is 29.3 Å². The minimum Gasteiger partial charge on any atom is -0.395 e. The first-order chi connectivity index (χ1) is 14.2. The summed E-state index contributed by atoms with van der Waals surface area (Å²) in [5.41, 5.74) is 4.51. The number of hydrogen-bond donors (Lipinski definition) is 5. The van der Waals surface area contributed by atoms with Crippen LogP contribution in [0.1, 0.15) is 25.7 Å². The molecule has 10 nitrogen and oxygen atoms in total. The van der Waals surface area contributed by atoms with Gasteiger partial charge < -0.3 is 16.2 Å². The average Bonchev–Trinajstić information content (AvgIpc) is 3.19. The standard InChI is InChI=1S/C18H23ClN6O4S.ClH/c19-25(17(20)21)15-11-22-10-12-9-13(3-4-14(12)15)30(28,29)24-18(5-1-2-6-18)16(27)23-7-8-26;/h3-4,9-11,24,26H,1-2,5-8H2,(H3,20,21)(H,23,27);1H. The first-order valence-corrected chi connectivity index (χ1v) is 11.1. The number of guanidine groups is 1. The second-order valence-electron chi connectivity index (χ2n) is 7.08. The fourth-order valence-electron chi connectivity index (χ4n) is 3.60. The van der Waals surface area contributed by atoms with Gasteiger partial charge in [0, 0.05) is 35.3 Å². The molecule has 0 atom stereocenters. The maximum absolute atomic E-state index is 13.1. The minimum absolute atomic E-state index is 0. The Labute approximate surface area is 191 Å². The van der Waals surface area contributed by atoms with Crippen molar-refractivity contribution in [3.05, 3.63) is 30.6 Å². The highest BCUT2D eigenvalue weighted by Gasteiger charge is 2.44. The molecule has 1 aliphatic carbocycles. The van der Waals surface area contributed by atoms with Crippen LogP contribution in [0.2, 0.25) is 0 Å².